The van der Waals surface area contributed by atoms with Crippen LogP contribution >= 0.6 is 0 Å². The van der Waals surface area contributed by atoms with Crippen LogP contribution < -0.4 is 15.4 Å². The lowest BCUT2D eigenvalue weighted by Crippen LogP contribution is -2.47. The van der Waals surface area contributed by atoms with Crippen LogP contribution in [0.2, 0.25) is 0 Å². The van der Waals surface area contributed by atoms with E-state index in [4.69, 9.17) is 4.74 Å². The minimum atomic E-state index is -0.927. The molecule has 0 bridgehead atoms. The second kappa shape index (κ2) is 10.4. The monoisotopic (exact) mass is 387 g/mol. The number of aliphatic imine (C=N–C) groups is 1. The van der Waals surface area contributed by atoms with E-state index >= 15 is 0 Å². The number of hydrogen-bond donors (Lipinski definition) is 2. The molecule has 1 aliphatic rings. The van der Waals surface area contributed by atoms with Gasteiger partial charge in [-0.15, -0.1) is 0 Å². The Balaban J connectivity index is 1.73. The molecule has 2 N–H and O–H groups in total. The number of benzene rings is 1. The van der Waals surface area contributed by atoms with Crippen LogP contribution in [0.5, 0.6) is 5.75 Å². The quantitative estimate of drug-likeness (QED) is 0.429. The van der Waals surface area contributed by atoms with E-state index in [0.29, 0.717) is 24.9 Å². The predicted molar refractivity (Wildman–Crippen MR) is 101 cm³/mol. The lowest BCUT2D eigenvalue weighted by atomic mass is 9.95. The highest BCUT2D eigenvalue weighted by Crippen LogP contribution is 2.23. The molecule has 3 atom stereocenters. The maximum absolute atomic E-state index is 13.1. The van der Waals surface area contributed by atoms with Gasteiger partial charge < -0.3 is 15.4 Å². The maximum Gasteiger partial charge on any atom is 0.191 e. The molecule has 0 saturated heterocycles. The number of ether oxygens (including phenoxy) is 1. The van der Waals surface area contributed by atoms with Crippen molar-refractivity contribution < 1.29 is 17.7 Å². The molecule has 1 aliphatic carbocycles. The molecule has 0 spiro atoms. The molecule has 1 aromatic carbocycles. The van der Waals surface area contributed by atoms with Gasteiger partial charge in [-0.2, -0.15) is 0 Å². The second-order valence-electron chi connectivity index (χ2n) is 6.22. The summed E-state index contributed by atoms with van der Waals surface area (Å²) in [4.78, 5) is 4.20. The Morgan fingerprint density at radius 2 is 2.15 bits per heavy atom. The molecule has 1 fully saturated rings. The lowest BCUT2D eigenvalue weighted by molar-refractivity contribution is 0.318. The van der Waals surface area contributed by atoms with Crippen LogP contribution in [0, 0.1) is 11.6 Å². The van der Waals surface area contributed by atoms with Gasteiger partial charge in [0.2, 0.25) is 0 Å². The molecule has 2 rings (SSSR count). The Labute approximate surface area is 156 Å². The number of rotatable bonds is 7. The van der Waals surface area contributed by atoms with Crippen molar-refractivity contribution in [2.75, 3.05) is 26.0 Å². The second-order valence-corrected chi connectivity index (χ2v) is 8.23. The minimum Gasteiger partial charge on any atom is -0.492 e. The van der Waals surface area contributed by atoms with E-state index in [9.17, 15) is 13.0 Å². The third kappa shape index (κ3) is 6.23. The number of nitrogens with zero attached hydrogens (tertiary/aromatic N) is 1. The molecular weight excluding hydrogens is 360 g/mol. The first-order chi connectivity index (χ1) is 12.5. The zero-order valence-corrected chi connectivity index (χ0v) is 16.1. The smallest absolute Gasteiger partial charge is 0.191 e. The van der Waals surface area contributed by atoms with Crippen LogP contribution in [-0.2, 0) is 10.8 Å². The molecule has 0 aromatic heterocycles. The van der Waals surface area contributed by atoms with Gasteiger partial charge in [0.25, 0.3) is 0 Å². The first kappa shape index (κ1) is 20.6. The Morgan fingerprint density at radius 3 is 2.85 bits per heavy atom. The Hall–Kier alpha value is -1.70. The third-order valence-electron chi connectivity index (χ3n) is 4.40. The van der Waals surface area contributed by atoms with Gasteiger partial charge in [0.15, 0.2) is 17.6 Å². The van der Waals surface area contributed by atoms with Crippen LogP contribution in [-0.4, -0.2) is 47.4 Å². The zero-order valence-electron chi connectivity index (χ0n) is 15.3. The van der Waals surface area contributed by atoms with Crippen molar-refractivity contribution in [2.45, 2.75) is 43.9 Å². The van der Waals surface area contributed by atoms with Crippen molar-refractivity contribution >= 4 is 16.8 Å². The number of guanidine groups is 1. The molecule has 146 valence electrons. The van der Waals surface area contributed by atoms with Crippen molar-refractivity contribution in [3.8, 4) is 5.75 Å². The fraction of sp³-hybridized carbons (Fsp3) is 0.611. The van der Waals surface area contributed by atoms with Crippen molar-refractivity contribution in [2.24, 2.45) is 4.99 Å². The standard InChI is InChI=1S/C18H27F2N3O2S/c1-3-26(24)15-6-4-5-13(11-15)23-18(21-2)22-9-10-25-14-7-8-16(19)17(20)12-14/h7-8,12-13,15H,3-6,9-11H2,1-2H3,(H2,21,22,23). The van der Waals surface area contributed by atoms with E-state index in [1.54, 1.807) is 7.05 Å². The van der Waals surface area contributed by atoms with Crippen LogP contribution in [0.25, 0.3) is 0 Å². The topological polar surface area (TPSA) is 62.7 Å². The summed E-state index contributed by atoms with van der Waals surface area (Å²) in [7, 11) is 0.930. The number of nitrogens with one attached hydrogen (secondary N) is 2. The van der Waals surface area contributed by atoms with Crippen LogP contribution in [0.3, 0.4) is 0 Å². The molecular formula is C18H27F2N3O2S. The fourth-order valence-electron chi connectivity index (χ4n) is 3.04. The highest BCUT2D eigenvalue weighted by Gasteiger charge is 2.25. The first-order valence-corrected chi connectivity index (χ1v) is 10.3. The van der Waals surface area contributed by atoms with E-state index in [1.165, 1.54) is 6.07 Å². The van der Waals surface area contributed by atoms with Gasteiger partial charge in [-0.3, -0.25) is 9.20 Å². The van der Waals surface area contributed by atoms with Crippen molar-refractivity contribution in [1.29, 1.82) is 0 Å². The predicted octanol–water partition coefficient (Wildman–Crippen LogP) is 2.59. The maximum atomic E-state index is 13.1. The van der Waals surface area contributed by atoms with E-state index in [0.717, 1.165) is 37.8 Å². The fourth-order valence-corrected chi connectivity index (χ4v) is 4.39. The molecule has 0 amide bonds. The van der Waals surface area contributed by atoms with Crippen LogP contribution in [0.15, 0.2) is 23.2 Å². The molecule has 0 heterocycles. The number of halogens is 2. The summed E-state index contributed by atoms with van der Waals surface area (Å²) in [5.74, 6) is -0.178. The minimum absolute atomic E-state index is 0.251. The van der Waals surface area contributed by atoms with Crippen molar-refractivity contribution in [3.05, 3.63) is 29.8 Å². The molecule has 5 nitrogen and oxygen atoms in total. The van der Waals surface area contributed by atoms with Gasteiger partial charge in [-0.05, 0) is 31.4 Å². The van der Waals surface area contributed by atoms with Gasteiger partial charge >= 0.3 is 0 Å². The Morgan fingerprint density at radius 1 is 1.35 bits per heavy atom. The average molecular weight is 387 g/mol. The summed E-state index contributed by atoms with van der Waals surface area (Å²) >= 11 is 0. The summed E-state index contributed by atoms with van der Waals surface area (Å²) in [5.41, 5.74) is 0. The summed E-state index contributed by atoms with van der Waals surface area (Å²) in [6, 6.07) is 3.71. The third-order valence-corrected chi connectivity index (χ3v) is 6.14. The Kier molecular flexibility index (Phi) is 8.28. The first-order valence-electron chi connectivity index (χ1n) is 8.95. The van der Waals surface area contributed by atoms with E-state index in [-0.39, 0.29) is 17.0 Å². The molecule has 0 aliphatic heterocycles. The summed E-state index contributed by atoms with van der Waals surface area (Å²) in [6.07, 6.45) is 3.99. The molecule has 1 saturated carbocycles. The average Bonchev–Trinajstić information content (AvgIpc) is 2.66. The van der Waals surface area contributed by atoms with Gasteiger partial charge in [-0.25, -0.2) is 8.78 Å². The highest BCUT2D eigenvalue weighted by atomic mass is 32.2. The number of hydrogen-bond acceptors (Lipinski definition) is 3. The molecule has 3 unspecified atom stereocenters. The van der Waals surface area contributed by atoms with Gasteiger partial charge in [0.1, 0.15) is 12.4 Å². The van der Waals surface area contributed by atoms with Crippen LogP contribution in [0.1, 0.15) is 32.6 Å². The Bertz CT molecular complexity index is 643. The summed E-state index contributed by atoms with van der Waals surface area (Å²) in [5, 5.41) is 6.76. The van der Waals surface area contributed by atoms with Crippen LogP contribution in [0.4, 0.5) is 8.78 Å². The largest absolute Gasteiger partial charge is 0.492 e. The van der Waals surface area contributed by atoms with E-state index < -0.39 is 22.4 Å². The molecule has 1 aromatic rings. The lowest BCUT2D eigenvalue weighted by Gasteiger charge is -2.30. The summed E-state index contributed by atoms with van der Waals surface area (Å²) in [6.45, 7) is 2.72. The van der Waals surface area contributed by atoms with Crippen molar-refractivity contribution in [3.63, 3.8) is 0 Å². The highest BCUT2D eigenvalue weighted by molar-refractivity contribution is 7.85. The molecule has 26 heavy (non-hydrogen) atoms. The molecule has 0 radical (unpaired) electrons. The summed E-state index contributed by atoms with van der Waals surface area (Å²) < 4.78 is 43.4. The van der Waals surface area contributed by atoms with Gasteiger partial charge in [0.05, 0.1) is 6.54 Å². The van der Waals surface area contributed by atoms with Gasteiger partial charge in [-0.1, -0.05) is 13.3 Å². The van der Waals surface area contributed by atoms with E-state index in [2.05, 4.69) is 15.6 Å². The van der Waals surface area contributed by atoms with Crippen molar-refractivity contribution in [1.82, 2.24) is 10.6 Å². The SMILES string of the molecule is CCS(=O)C1CCCC(NC(=NC)NCCOc2ccc(F)c(F)c2)C1. The zero-order chi connectivity index (χ0) is 18.9. The normalized spacial score (nSPS) is 21.9. The van der Waals surface area contributed by atoms with E-state index in [1.807, 2.05) is 6.92 Å². The molecule has 8 heteroatoms. The van der Waals surface area contributed by atoms with Gasteiger partial charge in [0, 0.05) is 41.0 Å².